The lowest BCUT2D eigenvalue weighted by Crippen LogP contribution is -2.26. The summed E-state index contributed by atoms with van der Waals surface area (Å²) in [5, 5.41) is 17.0. The number of H-pyrrole nitrogens is 1. The molecule has 0 unspecified atom stereocenters. The molecular formula is C17H20ClN5O. The molecule has 2 aromatic rings. The molecule has 0 aliphatic heterocycles. The molecule has 1 amide bonds. The number of amides is 1. The summed E-state index contributed by atoms with van der Waals surface area (Å²) in [6, 6.07) is 7.21. The smallest absolute Gasteiger partial charge is 0.275 e. The monoisotopic (exact) mass is 345 g/mol. The number of carbonyl (C=O) groups is 1. The Kier molecular flexibility index (Phi) is 5.48. The van der Waals surface area contributed by atoms with Gasteiger partial charge in [0, 0.05) is 17.3 Å². The summed E-state index contributed by atoms with van der Waals surface area (Å²) < 4.78 is 0. The highest BCUT2D eigenvalue weighted by Gasteiger charge is 2.16. The predicted molar refractivity (Wildman–Crippen MR) is 94.6 cm³/mol. The van der Waals surface area contributed by atoms with Crippen LogP contribution in [0.25, 0.3) is 0 Å². The van der Waals surface area contributed by atoms with Crippen LogP contribution < -0.4 is 10.6 Å². The normalized spacial score (nSPS) is 14.1. The number of nitrogens with one attached hydrogen (secondary N) is 3. The van der Waals surface area contributed by atoms with Gasteiger partial charge in [-0.05, 0) is 50.3 Å². The van der Waals surface area contributed by atoms with Crippen molar-refractivity contribution < 1.29 is 4.79 Å². The van der Waals surface area contributed by atoms with Gasteiger partial charge in [-0.1, -0.05) is 29.3 Å². The SMILES string of the molecule is O=C(NCCC1=CCCCC1)c1n[nH]nc1Nc1cccc(Cl)c1. The largest absolute Gasteiger partial charge is 0.350 e. The molecule has 1 aromatic carbocycles. The molecule has 1 aromatic heterocycles. The van der Waals surface area contributed by atoms with E-state index in [1.807, 2.05) is 12.1 Å². The molecule has 1 aliphatic rings. The Bertz CT molecular complexity index is 740. The number of allylic oxidation sites excluding steroid dienone is 1. The van der Waals surface area contributed by atoms with Gasteiger partial charge in [0.1, 0.15) is 0 Å². The minimum absolute atomic E-state index is 0.243. The topological polar surface area (TPSA) is 82.7 Å². The second-order valence-corrected chi connectivity index (χ2v) is 6.21. The zero-order valence-corrected chi connectivity index (χ0v) is 14.1. The number of aromatic nitrogens is 3. The van der Waals surface area contributed by atoms with E-state index in [0.29, 0.717) is 17.4 Å². The Morgan fingerprint density at radius 1 is 1.29 bits per heavy atom. The quantitative estimate of drug-likeness (QED) is 0.695. The number of carbonyl (C=O) groups excluding carboxylic acids is 1. The van der Waals surface area contributed by atoms with Crippen LogP contribution in [0.3, 0.4) is 0 Å². The van der Waals surface area contributed by atoms with Crippen molar-refractivity contribution in [3.8, 4) is 0 Å². The third-order valence-corrected chi connectivity index (χ3v) is 4.20. The Morgan fingerprint density at radius 2 is 2.21 bits per heavy atom. The van der Waals surface area contributed by atoms with Crippen LogP contribution >= 0.6 is 11.6 Å². The van der Waals surface area contributed by atoms with Crippen LogP contribution in [0.2, 0.25) is 5.02 Å². The second kappa shape index (κ2) is 7.97. The maximum Gasteiger partial charge on any atom is 0.275 e. The minimum Gasteiger partial charge on any atom is -0.350 e. The van der Waals surface area contributed by atoms with Gasteiger partial charge in [-0.15, -0.1) is 10.2 Å². The van der Waals surface area contributed by atoms with Gasteiger partial charge in [0.25, 0.3) is 5.91 Å². The van der Waals surface area contributed by atoms with Gasteiger partial charge in [0.15, 0.2) is 11.5 Å². The molecule has 0 atom stereocenters. The maximum absolute atomic E-state index is 12.3. The van der Waals surface area contributed by atoms with E-state index >= 15 is 0 Å². The van der Waals surface area contributed by atoms with Crippen LogP contribution in [0, 0.1) is 0 Å². The van der Waals surface area contributed by atoms with E-state index in [4.69, 9.17) is 11.6 Å². The molecule has 0 radical (unpaired) electrons. The third-order valence-electron chi connectivity index (χ3n) is 3.97. The molecule has 1 heterocycles. The van der Waals surface area contributed by atoms with Crippen molar-refractivity contribution in [1.82, 2.24) is 20.7 Å². The van der Waals surface area contributed by atoms with Crippen molar-refractivity contribution in [1.29, 1.82) is 0 Å². The number of nitrogens with zero attached hydrogens (tertiary/aromatic N) is 2. The molecule has 7 heteroatoms. The minimum atomic E-state index is -0.246. The van der Waals surface area contributed by atoms with Gasteiger partial charge in [0.05, 0.1) is 0 Å². The molecular weight excluding hydrogens is 326 g/mol. The molecule has 0 saturated heterocycles. The molecule has 0 bridgehead atoms. The number of aromatic amines is 1. The highest BCUT2D eigenvalue weighted by Crippen LogP contribution is 2.21. The van der Waals surface area contributed by atoms with Gasteiger partial charge in [-0.25, -0.2) is 0 Å². The first kappa shape index (κ1) is 16.5. The van der Waals surface area contributed by atoms with Crippen molar-refractivity contribution in [2.24, 2.45) is 0 Å². The number of halogens is 1. The van der Waals surface area contributed by atoms with E-state index < -0.39 is 0 Å². The van der Waals surface area contributed by atoms with Crippen LogP contribution in [0.1, 0.15) is 42.6 Å². The van der Waals surface area contributed by atoms with E-state index in [1.165, 1.54) is 18.4 Å². The first-order valence-electron chi connectivity index (χ1n) is 8.12. The summed E-state index contributed by atoms with van der Waals surface area (Å²) in [6.45, 7) is 0.605. The second-order valence-electron chi connectivity index (χ2n) is 5.77. The number of hydrogen-bond donors (Lipinski definition) is 3. The van der Waals surface area contributed by atoms with Crippen molar-refractivity contribution in [3.63, 3.8) is 0 Å². The van der Waals surface area contributed by atoms with E-state index in [9.17, 15) is 4.79 Å². The summed E-state index contributed by atoms with van der Waals surface area (Å²) in [5.74, 6) is 0.135. The molecule has 126 valence electrons. The van der Waals surface area contributed by atoms with Crippen molar-refractivity contribution in [3.05, 3.63) is 46.6 Å². The van der Waals surface area contributed by atoms with Crippen molar-refractivity contribution in [2.75, 3.05) is 11.9 Å². The first-order chi connectivity index (χ1) is 11.7. The summed E-state index contributed by atoms with van der Waals surface area (Å²) in [7, 11) is 0. The molecule has 1 aliphatic carbocycles. The Hall–Kier alpha value is -2.34. The van der Waals surface area contributed by atoms with Crippen LogP contribution in [0.5, 0.6) is 0 Å². The van der Waals surface area contributed by atoms with E-state index in [0.717, 1.165) is 24.9 Å². The molecule has 0 spiro atoms. The van der Waals surface area contributed by atoms with Crippen LogP contribution in [0.4, 0.5) is 11.5 Å². The fourth-order valence-corrected chi connectivity index (χ4v) is 2.92. The lowest BCUT2D eigenvalue weighted by atomic mass is 9.97. The fourth-order valence-electron chi connectivity index (χ4n) is 2.73. The molecule has 0 fully saturated rings. The molecule has 6 nitrogen and oxygen atoms in total. The van der Waals surface area contributed by atoms with Gasteiger partial charge in [0.2, 0.25) is 0 Å². The summed E-state index contributed by atoms with van der Waals surface area (Å²) >= 11 is 5.96. The van der Waals surface area contributed by atoms with Gasteiger partial charge in [-0.3, -0.25) is 4.79 Å². The number of benzene rings is 1. The van der Waals surface area contributed by atoms with Crippen molar-refractivity contribution in [2.45, 2.75) is 32.1 Å². The Balaban J connectivity index is 1.57. The zero-order chi connectivity index (χ0) is 16.8. The standard InChI is InChI=1S/C17H20ClN5O/c18-13-7-4-8-14(11-13)20-16-15(21-23-22-16)17(24)19-10-9-12-5-2-1-3-6-12/h4-5,7-8,11H,1-3,6,9-10H2,(H,19,24)(H2,20,21,22,23). The van der Waals surface area contributed by atoms with Gasteiger partial charge >= 0.3 is 0 Å². The zero-order valence-electron chi connectivity index (χ0n) is 13.3. The summed E-state index contributed by atoms with van der Waals surface area (Å²) in [5.41, 5.74) is 2.42. The predicted octanol–water partition coefficient (Wildman–Crippen LogP) is 3.82. The Labute approximate surface area is 145 Å². The van der Waals surface area contributed by atoms with Crippen molar-refractivity contribution >= 4 is 29.0 Å². The first-order valence-corrected chi connectivity index (χ1v) is 8.49. The highest BCUT2D eigenvalue weighted by atomic mass is 35.5. The van der Waals surface area contributed by atoms with Crippen LogP contribution in [-0.4, -0.2) is 27.9 Å². The fraction of sp³-hybridized carbons (Fsp3) is 0.353. The van der Waals surface area contributed by atoms with Gasteiger partial charge < -0.3 is 10.6 Å². The number of rotatable bonds is 6. The number of anilines is 2. The average Bonchev–Trinajstić information content (AvgIpc) is 3.04. The summed E-state index contributed by atoms with van der Waals surface area (Å²) in [4.78, 5) is 12.3. The highest BCUT2D eigenvalue weighted by molar-refractivity contribution is 6.30. The lowest BCUT2D eigenvalue weighted by molar-refractivity contribution is 0.0950. The molecule has 3 N–H and O–H groups in total. The van der Waals surface area contributed by atoms with Crippen LogP contribution in [0.15, 0.2) is 35.9 Å². The molecule has 0 saturated carbocycles. The van der Waals surface area contributed by atoms with E-state index in [1.54, 1.807) is 12.1 Å². The lowest BCUT2D eigenvalue weighted by Gasteiger charge is -2.12. The molecule has 24 heavy (non-hydrogen) atoms. The van der Waals surface area contributed by atoms with E-state index in [-0.39, 0.29) is 11.6 Å². The average molecular weight is 346 g/mol. The van der Waals surface area contributed by atoms with Gasteiger partial charge in [-0.2, -0.15) is 5.21 Å². The Morgan fingerprint density at radius 3 is 3.00 bits per heavy atom. The van der Waals surface area contributed by atoms with E-state index in [2.05, 4.69) is 32.1 Å². The third kappa shape index (κ3) is 4.35. The molecule has 3 rings (SSSR count). The maximum atomic E-state index is 12.3. The number of hydrogen-bond acceptors (Lipinski definition) is 4. The van der Waals surface area contributed by atoms with Crippen LogP contribution in [-0.2, 0) is 0 Å². The summed E-state index contributed by atoms with van der Waals surface area (Å²) in [6.07, 6.45) is 7.99.